The van der Waals surface area contributed by atoms with Crippen molar-refractivity contribution in [3.05, 3.63) is 29.8 Å². The van der Waals surface area contributed by atoms with Gasteiger partial charge in [-0.25, -0.2) is 9.59 Å². The van der Waals surface area contributed by atoms with E-state index in [2.05, 4.69) is 0 Å². The molecule has 0 radical (unpaired) electrons. The Morgan fingerprint density at radius 2 is 1.95 bits per heavy atom. The third kappa shape index (κ3) is 2.83. The number of rotatable bonds is 5. The van der Waals surface area contributed by atoms with Gasteiger partial charge in [0.25, 0.3) is 0 Å². The lowest BCUT2D eigenvalue weighted by molar-refractivity contribution is -0.142. The van der Waals surface area contributed by atoms with E-state index in [-0.39, 0.29) is 18.7 Å². The summed E-state index contributed by atoms with van der Waals surface area (Å²) in [6.45, 7) is -0.132. The molecule has 0 bridgehead atoms. The second-order valence-electron chi connectivity index (χ2n) is 4.28. The van der Waals surface area contributed by atoms with Gasteiger partial charge in [0, 0.05) is 7.05 Å². The van der Waals surface area contributed by atoms with Crippen LogP contribution in [-0.4, -0.2) is 58.9 Å². The summed E-state index contributed by atoms with van der Waals surface area (Å²) in [6, 6.07) is 5.11. The third-order valence-corrected chi connectivity index (χ3v) is 2.92. The molecule has 4 amide bonds. The molecule has 1 saturated heterocycles. The maximum absolute atomic E-state index is 11.6. The van der Waals surface area contributed by atoms with Gasteiger partial charge in [0.05, 0.1) is 12.1 Å². The van der Waals surface area contributed by atoms with Crippen molar-refractivity contribution in [2.24, 2.45) is 0 Å². The van der Waals surface area contributed by atoms with E-state index in [9.17, 15) is 19.2 Å². The van der Waals surface area contributed by atoms with E-state index in [1.807, 2.05) is 0 Å². The highest BCUT2D eigenvalue weighted by Gasteiger charge is 2.41. The number of ether oxygens (including phenoxy) is 1. The van der Waals surface area contributed by atoms with Crippen LogP contribution in [-0.2, 0) is 9.59 Å². The number of aromatic carboxylic acids is 1. The molecular formula is C13H12N2O6. The van der Waals surface area contributed by atoms with Gasteiger partial charge in [-0.15, -0.1) is 0 Å². The second-order valence-corrected chi connectivity index (χ2v) is 4.28. The Balaban J connectivity index is 1.94. The minimum atomic E-state index is -1.09. The standard InChI is InChI=1S/C13H12N2O6/c1-14-10(16)11(17)15(13(14)20)5-6-21-9-4-2-3-8(7-9)12(18)19/h2-4,7H,5-6H2,1H3,(H,18,19). The number of carbonyl (C=O) groups is 4. The van der Waals surface area contributed by atoms with Crippen molar-refractivity contribution >= 4 is 23.8 Å². The van der Waals surface area contributed by atoms with Gasteiger partial charge in [0.15, 0.2) is 0 Å². The molecule has 8 nitrogen and oxygen atoms in total. The lowest BCUT2D eigenvalue weighted by atomic mass is 10.2. The summed E-state index contributed by atoms with van der Waals surface area (Å²) < 4.78 is 5.29. The summed E-state index contributed by atoms with van der Waals surface area (Å²) in [4.78, 5) is 46.7. The number of likely N-dealkylation sites (N-methyl/N-ethyl adjacent to an activating group) is 1. The summed E-state index contributed by atoms with van der Waals surface area (Å²) in [5, 5.41) is 8.84. The van der Waals surface area contributed by atoms with E-state index >= 15 is 0 Å². The first-order valence-electron chi connectivity index (χ1n) is 6.01. The molecule has 1 fully saturated rings. The molecule has 1 N–H and O–H groups in total. The number of carbonyl (C=O) groups excluding carboxylic acids is 3. The molecule has 0 aromatic heterocycles. The van der Waals surface area contributed by atoms with E-state index in [1.54, 1.807) is 6.07 Å². The highest BCUT2D eigenvalue weighted by molar-refractivity contribution is 6.44. The quantitative estimate of drug-likeness (QED) is 0.613. The Kier molecular flexibility index (Phi) is 3.88. The Bertz CT molecular complexity index is 627. The van der Waals surface area contributed by atoms with Crippen LogP contribution in [0.3, 0.4) is 0 Å². The Morgan fingerprint density at radius 3 is 2.52 bits per heavy atom. The molecule has 2 rings (SSSR count). The maximum atomic E-state index is 11.6. The van der Waals surface area contributed by atoms with Crippen LogP contribution in [0.15, 0.2) is 24.3 Å². The molecule has 1 aromatic rings. The number of amides is 4. The topological polar surface area (TPSA) is 104 Å². The van der Waals surface area contributed by atoms with Crippen LogP contribution >= 0.6 is 0 Å². The van der Waals surface area contributed by atoms with Gasteiger partial charge in [-0.3, -0.25) is 19.4 Å². The van der Waals surface area contributed by atoms with Gasteiger partial charge in [-0.2, -0.15) is 0 Å². The molecule has 0 unspecified atom stereocenters. The molecule has 8 heteroatoms. The largest absolute Gasteiger partial charge is 0.492 e. The molecule has 0 atom stereocenters. The molecular weight excluding hydrogens is 280 g/mol. The number of carboxylic acid groups (broad SMARTS) is 1. The Morgan fingerprint density at radius 1 is 1.24 bits per heavy atom. The molecule has 1 aromatic carbocycles. The zero-order chi connectivity index (χ0) is 15.6. The van der Waals surface area contributed by atoms with Gasteiger partial charge in [0.2, 0.25) is 0 Å². The third-order valence-electron chi connectivity index (χ3n) is 2.92. The molecule has 1 heterocycles. The highest BCUT2D eigenvalue weighted by Crippen LogP contribution is 2.14. The fraction of sp³-hybridized carbons (Fsp3) is 0.231. The average Bonchev–Trinajstić information content (AvgIpc) is 2.65. The van der Waals surface area contributed by atoms with Crippen molar-refractivity contribution in [1.29, 1.82) is 0 Å². The first-order chi connectivity index (χ1) is 9.91. The summed E-state index contributed by atoms with van der Waals surface area (Å²) in [5.41, 5.74) is 0.0655. The van der Waals surface area contributed by atoms with Gasteiger partial charge < -0.3 is 9.84 Å². The van der Waals surface area contributed by atoms with Crippen LogP contribution < -0.4 is 4.74 Å². The van der Waals surface area contributed by atoms with E-state index in [4.69, 9.17) is 9.84 Å². The van der Waals surface area contributed by atoms with E-state index in [1.165, 1.54) is 25.2 Å². The first-order valence-corrected chi connectivity index (χ1v) is 6.01. The summed E-state index contributed by atoms with van der Waals surface area (Å²) in [6.07, 6.45) is 0. The number of hydrogen-bond donors (Lipinski definition) is 1. The van der Waals surface area contributed by atoms with Crippen molar-refractivity contribution in [2.45, 2.75) is 0 Å². The molecule has 1 aliphatic heterocycles. The van der Waals surface area contributed by atoms with Crippen LogP contribution in [0.4, 0.5) is 4.79 Å². The smallest absolute Gasteiger partial charge is 0.335 e. The molecule has 0 aliphatic carbocycles. The summed E-state index contributed by atoms with van der Waals surface area (Å²) in [7, 11) is 1.22. The minimum absolute atomic E-state index is 0.0400. The fourth-order valence-corrected chi connectivity index (χ4v) is 1.78. The Hall–Kier alpha value is -2.90. The second kappa shape index (κ2) is 5.61. The van der Waals surface area contributed by atoms with E-state index in [0.717, 1.165) is 9.80 Å². The molecule has 110 valence electrons. The SMILES string of the molecule is CN1C(=O)C(=O)N(CCOc2cccc(C(=O)O)c2)C1=O. The fourth-order valence-electron chi connectivity index (χ4n) is 1.78. The number of imide groups is 2. The predicted octanol–water partition coefficient (Wildman–Crippen LogP) is 0.184. The average molecular weight is 292 g/mol. The lowest BCUT2D eigenvalue weighted by Crippen LogP contribution is -2.35. The summed E-state index contributed by atoms with van der Waals surface area (Å²) >= 11 is 0. The van der Waals surface area contributed by atoms with Gasteiger partial charge >= 0.3 is 23.8 Å². The predicted molar refractivity (Wildman–Crippen MR) is 68.8 cm³/mol. The van der Waals surface area contributed by atoms with Gasteiger partial charge in [0.1, 0.15) is 12.4 Å². The van der Waals surface area contributed by atoms with Crippen molar-refractivity contribution in [1.82, 2.24) is 9.80 Å². The van der Waals surface area contributed by atoms with E-state index < -0.39 is 23.8 Å². The van der Waals surface area contributed by atoms with Crippen LogP contribution in [0.2, 0.25) is 0 Å². The normalized spacial score (nSPS) is 14.8. The molecule has 1 aliphatic rings. The van der Waals surface area contributed by atoms with Crippen molar-refractivity contribution < 1.29 is 29.0 Å². The van der Waals surface area contributed by atoms with Gasteiger partial charge in [-0.1, -0.05) is 6.07 Å². The maximum Gasteiger partial charge on any atom is 0.335 e. The lowest BCUT2D eigenvalue weighted by Gasteiger charge is -2.13. The Labute approximate surface area is 119 Å². The number of urea groups is 1. The number of carboxylic acids is 1. The van der Waals surface area contributed by atoms with Crippen molar-refractivity contribution in [3.8, 4) is 5.75 Å². The van der Waals surface area contributed by atoms with Crippen LogP contribution in [0, 0.1) is 0 Å². The van der Waals surface area contributed by atoms with Crippen LogP contribution in [0.5, 0.6) is 5.75 Å². The molecule has 0 spiro atoms. The first kappa shape index (κ1) is 14.5. The zero-order valence-corrected chi connectivity index (χ0v) is 11.1. The molecule has 21 heavy (non-hydrogen) atoms. The van der Waals surface area contributed by atoms with Crippen molar-refractivity contribution in [3.63, 3.8) is 0 Å². The molecule has 0 saturated carbocycles. The van der Waals surface area contributed by atoms with Gasteiger partial charge in [-0.05, 0) is 18.2 Å². The number of hydrogen-bond acceptors (Lipinski definition) is 5. The van der Waals surface area contributed by atoms with E-state index in [0.29, 0.717) is 5.75 Å². The number of nitrogens with zero attached hydrogens (tertiary/aromatic N) is 2. The minimum Gasteiger partial charge on any atom is -0.492 e. The van der Waals surface area contributed by atoms with Crippen LogP contribution in [0.25, 0.3) is 0 Å². The summed E-state index contributed by atoms with van der Waals surface area (Å²) in [5.74, 6) is -2.57. The monoisotopic (exact) mass is 292 g/mol. The zero-order valence-electron chi connectivity index (χ0n) is 11.1. The number of benzene rings is 1. The van der Waals surface area contributed by atoms with Crippen molar-refractivity contribution in [2.75, 3.05) is 20.2 Å². The van der Waals surface area contributed by atoms with Crippen LogP contribution in [0.1, 0.15) is 10.4 Å². The highest BCUT2D eigenvalue weighted by atomic mass is 16.5.